The molecule has 126 valence electrons. The number of hydrogen-bond donors (Lipinski definition) is 1. The molecule has 1 saturated carbocycles. The monoisotopic (exact) mass is 317 g/mol. The maximum atomic E-state index is 12.5. The van der Waals surface area contributed by atoms with Gasteiger partial charge in [-0.25, -0.2) is 9.97 Å². The maximum Gasteiger partial charge on any atom is 0.257 e. The summed E-state index contributed by atoms with van der Waals surface area (Å²) in [6.45, 7) is 6.67. The largest absolute Gasteiger partial charge is 0.351 e. The van der Waals surface area contributed by atoms with Crippen LogP contribution in [0, 0.1) is 0 Å². The fraction of sp³-hybridized carbons (Fsp3) is 0.706. The van der Waals surface area contributed by atoms with E-state index in [1.165, 1.54) is 32.1 Å². The molecule has 1 N–H and O–H groups in total. The third-order valence-electron chi connectivity index (χ3n) is 4.94. The Morgan fingerprint density at radius 1 is 1.13 bits per heavy atom. The molecule has 2 aliphatic rings. The van der Waals surface area contributed by atoms with Crippen molar-refractivity contribution in [3.8, 4) is 0 Å². The highest BCUT2D eigenvalue weighted by Gasteiger charge is 2.22. The topological polar surface area (TPSA) is 61.4 Å². The van der Waals surface area contributed by atoms with Crippen LogP contribution in [0.2, 0.25) is 0 Å². The van der Waals surface area contributed by atoms with E-state index < -0.39 is 0 Å². The van der Waals surface area contributed by atoms with Gasteiger partial charge < -0.3 is 15.1 Å². The predicted octanol–water partition coefficient (Wildman–Crippen LogP) is 2.00. The highest BCUT2D eigenvalue weighted by molar-refractivity contribution is 5.93. The zero-order chi connectivity index (χ0) is 16.1. The molecule has 0 atom stereocenters. The Morgan fingerprint density at radius 3 is 2.39 bits per heavy atom. The zero-order valence-corrected chi connectivity index (χ0v) is 14.0. The lowest BCUT2D eigenvalue weighted by atomic mass is 9.96. The Labute approximate surface area is 138 Å². The number of carbonyl (C=O) groups excluding carboxylic acids is 1. The predicted molar refractivity (Wildman–Crippen MR) is 90.5 cm³/mol. The van der Waals surface area contributed by atoms with Gasteiger partial charge in [-0.3, -0.25) is 4.79 Å². The molecule has 1 aromatic heterocycles. The first-order valence-corrected chi connectivity index (χ1v) is 8.86. The third kappa shape index (κ3) is 4.19. The first kappa shape index (κ1) is 16.2. The van der Waals surface area contributed by atoms with Gasteiger partial charge >= 0.3 is 0 Å². The van der Waals surface area contributed by atoms with E-state index in [-0.39, 0.29) is 5.91 Å². The summed E-state index contributed by atoms with van der Waals surface area (Å²) < 4.78 is 0. The third-order valence-corrected chi connectivity index (χ3v) is 4.94. The number of hydrogen-bond acceptors (Lipinski definition) is 5. The number of nitrogens with zero attached hydrogens (tertiary/aromatic N) is 4. The van der Waals surface area contributed by atoms with E-state index in [1.54, 1.807) is 12.4 Å². The molecule has 6 heteroatoms. The molecule has 0 unspecified atom stereocenters. The highest BCUT2D eigenvalue weighted by Crippen LogP contribution is 2.20. The van der Waals surface area contributed by atoms with Gasteiger partial charge in [0.2, 0.25) is 5.95 Å². The number of nitrogens with one attached hydrogen (secondary N) is 1. The summed E-state index contributed by atoms with van der Waals surface area (Å²) in [6, 6.07) is 0.479. The van der Waals surface area contributed by atoms with Gasteiger partial charge in [-0.2, -0.15) is 0 Å². The Morgan fingerprint density at radius 2 is 1.78 bits per heavy atom. The summed E-state index contributed by atoms with van der Waals surface area (Å²) in [7, 11) is 0. The van der Waals surface area contributed by atoms with Crippen LogP contribution < -0.4 is 5.32 Å². The molecule has 6 nitrogen and oxygen atoms in total. The summed E-state index contributed by atoms with van der Waals surface area (Å²) in [6.07, 6.45) is 9.57. The van der Waals surface area contributed by atoms with E-state index in [4.69, 9.17) is 0 Å². The molecule has 0 radical (unpaired) electrons. The molecule has 3 rings (SSSR count). The summed E-state index contributed by atoms with van der Waals surface area (Å²) in [5.74, 6) is 0.689. The molecule has 23 heavy (non-hydrogen) atoms. The van der Waals surface area contributed by atoms with Gasteiger partial charge in [-0.1, -0.05) is 26.2 Å². The van der Waals surface area contributed by atoms with Crippen LogP contribution in [0.15, 0.2) is 12.4 Å². The van der Waals surface area contributed by atoms with E-state index in [1.807, 2.05) is 4.90 Å². The molecule has 0 bridgehead atoms. The number of aromatic nitrogens is 2. The van der Waals surface area contributed by atoms with Crippen LogP contribution in [-0.4, -0.2) is 64.4 Å². The van der Waals surface area contributed by atoms with E-state index >= 15 is 0 Å². The molecule has 0 spiro atoms. The number of carbonyl (C=O) groups is 1. The molecule has 1 aromatic rings. The van der Waals surface area contributed by atoms with Crippen LogP contribution >= 0.6 is 0 Å². The molecule has 2 fully saturated rings. The quantitative estimate of drug-likeness (QED) is 0.920. The van der Waals surface area contributed by atoms with Crippen molar-refractivity contribution in [1.29, 1.82) is 0 Å². The Bertz CT molecular complexity index is 504. The average molecular weight is 317 g/mol. The second-order valence-electron chi connectivity index (χ2n) is 6.50. The maximum absolute atomic E-state index is 12.5. The van der Waals surface area contributed by atoms with E-state index in [0.29, 0.717) is 17.6 Å². The lowest BCUT2D eigenvalue weighted by molar-refractivity contribution is 0.0642. The normalized spacial score (nSPS) is 20.5. The van der Waals surface area contributed by atoms with Gasteiger partial charge in [0.1, 0.15) is 0 Å². The van der Waals surface area contributed by atoms with Crippen molar-refractivity contribution in [3.05, 3.63) is 18.0 Å². The lowest BCUT2D eigenvalue weighted by Crippen LogP contribution is -2.48. The van der Waals surface area contributed by atoms with Crippen molar-refractivity contribution >= 4 is 11.9 Å². The number of rotatable bonds is 4. The van der Waals surface area contributed by atoms with Crippen molar-refractivity contribution in [1.82, 2.24) is 19.8 Å². The van der Waals surface area contributed by atoms with E-state index in [9.17, 15) is 4.79 Å². The van der Waals surface area contributed by atoms with Crippen molar-refractivity contribution < 1.29 is 4.79 Å². The molecule has 2 heterocycles. The standard InChI is InChI=1S/C17H27N5O/c1-2-21-8-10-22(11-9-21)16(23)14-12-18-17(19-13-14)20-15-6-4-3-5-7-15/h12-13,15H,2-11H2,1H3,(H,18,19,20). The van der Waals surface area contributed by atoms with Crippen LogP contribution in [0.25, 0.3) is 0 Å². The van der Waals surface area contributed by atoms with Gasteiger partial charge in [0.05, 0.1) is 5.56 Å². The number of anilines is 1. The number of piperazine rings is 1. The first-order chi connectivity index (χ1) is 11.3. The minimum atomic E-state index is 0.0463. The Balaban J connectivity index is 1.55. The van der Waals surface area contributed by atoms with Gasteiger partial charge in [0, 0.05) is 44.6 Å². The Hall–Kier alpha value is -1.69. The molecular formula is C17H27N5O. The molecular weight excluding hydrogens is 290 g/mol. The summed E-state index contributed by atoms with van der Waals surface area (Å²) in [4.78, 5) is 25.4. The number of likely N-dealkylation sites (N-methyl/N-ethyl adjacent to an activating group) is 1. The van der Waals surface area contributed by atoms with E-state index in [2.05, 4.69) is 27.1 Å². The smallest absolute Gasteiger partial charge is 0.257 e. The fourth-order valence-electron chi connectivity index (χ4n) is 3.39. The van der Waals surface area contributed by atoms with Crippen LogP contribution in [0.3, 0.4) is 0 Å². The molecule has 1 aliphatic carbocycles. The SMILES string of the molecule is CCN1CCN(C(=O)c2cnc(NC3CCCCC3)nc2)CC1. The Kier molecular flexibility index (Phi) is 5.43. The summed E-state index contributed by atoms with van der Waals surface area (Å²) in [5.41, 5.74) is 0.587. The van der Waals surface area contributed by atoms with Crippen LogP contribution in [0.5, 0.6) is 0 Å². The van der Waals surface area contributed by atoms with Crippen LogP contribution in [-0.2, 0) is 0 Å². The van der Waals surface area contributed by atoms with Gasteiger partial charge in [-0.05, 0) is 19.4 Å². The van der Waals surface area contributed by atoms with Crippen LogP contribution in [0.4, 0.5) is 5.95 Å². The van der Waals surface area contributed by atoms with Crippen LogP contribution in [0.1, 0.15) is 49.4 Å². The van der Waals surface area contributed by atoms with Crippen molar-refractivity contribution in [2.24, 2.45) is 0 Å². The molecule has 1 amide bonds. The second-order valence-corrected chi connectivity index (χ2v) is 6.50. The van der Waals surface area contributed by atoms with Crippen molar-refractivity contribution in [2.45, 2.75) is 45.1 Å². The zero-order valence-electron chi connectivity index (χ0n) is 14.0. The molecule has 1 aliphatic heterocycles. The summed E-state index contributed by atoms with van der Waals surface area (Å²) in [5, 5.41) is 3.39. The second kappa shape index (κ2) is 7.73. The lowest BCUT2D eigenvalue weighted by Gasteiger charge is -2.34. The first-order valence-electron chi connectivity index (χ1n) is 8.86. The molecule has 0 aromatic carbocycles. The average Bonchev–Trinajstić information content (AvgIpc) is 2.63. The summed E-state index contributed by atoms with van der Waals surface area (Å²) >= 11 is 0. The fourth-order valence-corrected chi connectivity index (χ4v) is 3.39. The van der Waals surface area contributed by atoms with Gasteiger partial charge in [-0.15, -0.1) is 0 Å². The van der Waals surface area contributed by atoms with Gasteiger partial charge in [0.15, 0.2) is 0 Å². The van der Waals surface area contributed by atoms with Gasteiger partial charge in [0.25, 0.3) is 5.91 Å². The molecule has 1 saturated heterocycles. The van der Waals surface area contributed by atoms with Crippen molar-refractivity contribution in [2.75, 3.05) is 38.0 Å². The van der Waals surface area contributed by atoms with E-state index in [0.717, 1.165) is 32.7 Å². The number of amides is 1. The minimum absolute atomic E-state index is 0.0463. The highest BCUT2D eigenvalue weighted by atomic mass is 16.2. The minimum Gasteiger partial charge on any atom is -0.351 e. The van der Waals surface area contributed by atoms with Crippen molar-refractivity contribution in [3.63, 3.8) is 0 Å².